The van der Waals surface area contributed by atoms with Gasteiger partial charge in [0.25, 0.3) is 11.8 Å². The van der Waals surface area contributed by atoms with Crippen LogP contribution in [0.1, 0.15) is 42.6 Å². The van der Waals surface area contributed by atoms with Crippen molar-refractivity contribution in [1.82, 2.24) is 9.80 Å². The minimum atomic E-state index is -1.67. The normalized spacial score (nSPS) is 19.2. The molecular formula is C25H26FN3O5. The molecule has 2 aliphatic heterocycles. The zero-order chi connectivity index (χ0) is 24.6. The number of ether oxygens (including phenoxy) is 1. The van der Waals surface area contributed by atoms with Gasteiger partial charge in [-0.2, -0.15) is 0 Å². The summed E-state index contributed by atoms with van der Waals surface area (Å²) in [6, 6.07) is 12.3. The lowest BCUT2D eigenvalue weighted by molar-refractivity contribution is -0.162. The largest absolute Gasteiger partial charge is 0.452 e. The summed E-state index contributed by atoms with van der Waals surface area (Å²) < 4.78 is 19.3. The lowest BCUT2D eigenvalue weighted by Gasteiger charge is -2.50. The zero-order valence-corrected chi connectivity index (χ0v) is 19.3. The van der Waals surface area contributed by atoms with Crippen LogP contribution in [0, 0.1) is 5.82 Å². The van der Waals surface area contributed by atoms with E-state index in [4.69, 9.17) is 4.74 Å². The number of hydrogen-bond donors (Lipinski definition) is 0. The summed E-state index contributed by atoms with van der Waals surface area (Å²) in [5.74, 6) is -2.50. The summed E-state index contributed by atoms with van der Waals surface area (Å²) in [4.78, 5) is 56.4. The number of hydrogen-bond acceptors (Lipinski definition) is 5. The van der Waals surface area contributed by atoms with Gasteiger partial charge in [0.15, 0.2) is 6.61 Å². The maximum atomic E-state index is 13.9. The quantitative estimate of drug-likeness (QED) is 0.610. The van der Waals surface area contributed by atoms with E-state index < -0.39 is 36.0 Å². The van der Waals surface area contributed by atoms with Crippen molar-refractivity contribution in [2.24, 2.45) is 0 Å². The maximum Gasteiger partial charge on any atom is 0.354 e. The highest BCUT2D eigenvalue weighted by Crippen LogP contribution is 2.45. The number of nitrogens with zero attached hydrogens (tertiary/aromatic N) is 3. The Labute approximate surface area is 196 Å². The second-order valence-electron chi connectivity index (χ2n) is 8.75. The molecule has 1 atom stereocenters. The molecule has 0 aliphatic carbocycles. The van der Waals surface area contributed by atoms with Crippen molar-refractivity contribution in [2.75, 3.05) is 18.6 Å². The van der Waals surface area contributed by atoms with E-state index in [1.807, 2.05) is 0 Å². The third-order valence-corrected chi connectivity index (χ3v) is 6.26. The van der Waals surface area contributed by atoms with Gasteiger partial charge >= 0.3 is 5.97 Å². The number of benzene rings is 2. The predicted molar refractivity (Wildman–Crippen MR) is 121 cm³/mol. The molecule has 1 unspecified atom stereocenters. The van der Waals surface area contributed by atoms with E-state index in [1.54, 1.807) is 56.3 Å². The Morgan fingerprint density at radius 2 is 1.79 bits per heavy atom. The Bertz CT molecular complexity index is 1170. The topological polar surface area (TPSA) is 87.2 Å². The molecule has 0 aromatic heterocycles. The number of anilines is 1. The summed E-state index contributed by atoms with van der Waals surface area (Å²) in [7, 11) is 1.48. The highest BCUT2D eigenvalue weighted by Gasteiger charge is 2.62. The first kappa shape index (κ1) is 23.4. The van der Waals surface area contributed by atoms with E-state index >= 15 is 0 Å². The molecule has 0 saturated carbocycles. The molecule has 1 saturated heterocycles. The number of likely N-dealkylation sites (N-methyl/N-ethyl adjacent to an activating group) is 1. The summed E-state index contributed by atoms with van der Waals surface area (Å²) in [5, 5.41) is 0. The van der Waals surface area contributed by atoms with Crippen molar-refractivity contribution in [2.45, 2.75) is 44.9 Å². The van der Waals surface area contributed by atoms with Crippen molar-refractivity contribution in [3.05, 3.63) is 65.5 Å². The molecular weight excluding hydrogens is 441 g/mol. The third-order valence-electron chi connectivity index (χ3n) is 6.26. The van der Waals surface area contributed by atoms with Gasteiger partial charge in [-0.3, -0.25) is 19.3 Å². The molecule has 2 aromatic carbocycles. The van der Waals surface area contributed by atoms with Crippen molar-refractivity contribution in [1.29, 1.82) is 0 Å². The standard InChI is InChI=1S/C25H26FN3O5/c1-16(2)28-23(32)18-9-5-7-11-20(18)29-21(30)12-13-25(28,29)24(33)34-15-22(31)27(3)14-17-8-4-6-10-19(17)26/h4-11,16H,12-15H2,1-3H3. The van der Waals surface area contributed by atoms with Crippen LogP contribution in [-0.4, -0.2) is 58.8 Å². The lowest BCUT2D eigenvalue weighted by atomic mass is 9.95. The molecule has 34 heavy (non-hydrogen) atoms. The molecule has 3 amide bonds. The minimum absolute atomic E-state index is 0.00277. The first-order chi connectivity index (χ1) is 16.2. The zero-order valence-electron chi connectivity index (χ0n) is 19.3. The summed E-state index contributed by atoms with van der Waals surface area (Å²) in [6.45, 7) is 2.92. The van der Waals surface area contributed by atoms with Gasteiger partial charge < -0.3 is 14.5 Å². The van der Waals surface area contributed by atoms with Crippen molar-refractivity contribution in [3.8, 4) is 0 Å². The third kappa shape index (κ3) is 3.70. The summed E-state index contributed by atoms with van der Waals surface area (Å²) in [6.07, 6.45) is 0.114. The molecule has 0 spiro atoms. The van der Waals surface area contributed by atoms with Gasteiger partial charge in [-0.1, -0.05) is 30.3 Å². The number of rotatable bonds is 6. The minimum Gasteiger partial charge on any atom is -0.452 e. The highest BCUT2D eigenvalue weighted by atomic mass is 19.1. The van der Waals surface area contributed by atoms with Crippen molar-refractivity contribution < 1.29 is 28.3 Å². The van der Waals surface area contributed by atoms with Crippen LogP contribution >= 0.6 is 0 Å². The van der Waals surface area contributed by atoms with Crippen LogP contribution in [0.4, 0.5) is 10.1 Å². The maximum absolute atomic E-state index is 13.9. The molecule has 1 fully saturated rings. The van der Waals surface area contributed by atoms with E-state index in [9.17, 15) is 23.6 Å². The van der Waals surface area contributed by atoms with Crippen LogP contribution in [-0.2, 0) is 25.7 Å². The second-order valence-corrected chi connectivity index (χ2v) is 8.75. The van der Waals surface area contributed by atoms with Crippen molar-refractivity contribution in [3.63, 3.8) is 0 Å². The Hall–Kier alpha value is -3.75. The van der Waals surface area contributed by atoms with Crippen LogP contribution in [0.2, 0.25) is 0 Å². The Kier molecular flexibility index (Phi) is 6.12. The molecule has 178 valence electrons. The van der Waals surface area contributed by atoms with E-state index in [2.05, 4.69) is 0 Å². The fourth-order valence-corrected chi connectivity index (χ4v) is 4.70. The van der Waals surface area contributed by atoms with Crippen LogP contribution in [0.5, 0.6) is 0 Å². The second kappa shape index (κ2) is 8.89. The number of halogens is 1. The van der Waals surface area contributed by atoms with Crippen LogP contribution in [0.25, 0.3) is 0 Å². The van der Waals surface area contributed by atoms with E-state index in [0.29, 0.717) is 16.8 Å². The lowest BCUT2D eigenvalue weighted by Crippen LogP contribution is -2.70. The van der Waals surface area contributed by atoms with Crippen LogP contribution < -0.4 is 4.90 Å². The molecule has 8 nitrogen and oxygen atoms in total. The Morgan fingerprint density at radius 1 is 1.12 bits per heavy atom. The fraction of sp³-hybridized carbons (Fsp3) is 0.360. The van der Waals surface area contributed by atoms with Crippen LogP contribution in [0.3, 0.4) is 0 Å². The first-order valence-corrected chi connectivity index (χ1v) is 11.1. The van der Waals surface area contributed by atoms with E-state index in [0.717, 1.165) is 0 Å². The van der Waals surface area contributed by atoms with Gasteiger partial charge in [0.05, 0.1) is 11.3 Å². The molecule has 2 aliphatic rings. The average molecular weight is 467 g/mol. The molecule has 0 radical (unpaired) electrons. The number of carbonyl (C=O) groups excluding carboxylic acids is 4. The van der Waals surface area contributed by atoms with E-state index in [-0.39, 0.29) is 31.2 Å². The van der Waals surface area contributed by atoms with Gasteiger partial charge in [-0.15, -0.1) is 0 Å². The number of fused-ring (bicyclic) bond motifs is 3. The summed E-state index contributed by atoms with van der Waals surface area (Å²) >= 11 is 0. The summed E-state index contributed by atoms with van der Waals surface area (Å²) in [5.41, 5.74) is -0.653. The van der Waals surface area contributed by atoms with Gasteiger partial charge in [0, 0.05) is 38.0 Å². The molecule has 2 heterocycles. The Balaban J connectivity index is 1.58. The predicted octanol–water partition coefficient (Wildman–Crippen LogP) is 2.71. The first-order valence-electron chi connectivity index (χ1n) is 11.1. The monoisotopic (exact) mass is 467 g/mol. The smallest absolute Gasteiger partial charge is 0.354 e. The van der Waals surface area contributed by atoms with Gasteiger partial charge in [0.2, 0.25) is 11.6 Å². The Morgan fingerprint density at radius 3 is 2.50 bits per heavy atom. The number of amides is 3. The number of carbonyl (C=O) groups is 4. The highest BCUT2D eigenvalue weighted by molar-refractivity contribution is 6.15. The van der Waals surface area contributed by atoms with Gasteiger partial charge in [-0.25, -0.2) is 9.18 Å². The van der Waals surface area contributed by atoms with Gasteiger partial charge in [0.1, 0.15) is 5.82 Å². The average Bonchev–Trinajstić information content (AvgIpc) is 3.16. The molecule has 2 aromatic rings. The van der Waals surface area contributed by atoms with E-state index in [1.165, 1.54) is 27.8 Å². The SMILES string of the molecule is CC(C)N1C(=O)c2ccccc2N2C(=O)CCC21C(=O)OCC(=O)N(C)Cc1ccccc1F. The number of para-hydroxylation sites is 1. The molecule has 0 N–H and O–H groups in total. The molecule has 0 bridgehead atoms. The molecule has 4 rings (SSSR count). The van der Waals surface area contributed by atoms with Crippen LogP contribution in [0.15, 0.2) is 48.5 Å². The van der Waals surface area contributed by atoms with Crippen molar-refractivity contribution >= 4 is 29.4 Å². The van der Waals surface area contributed by atoms with Gasteiger partial charge in [-0.05, 0) is 32.0 Å². The fourth-order valence-electron chi connectivity index (χ4n) is 4.70. The number of esters is 1. The molecule has 9 heteroatoms.